The third-order valence-electron chi connectivity index (χ3n) is 2.10. The number of hydrogen-bond acceptors (Lipinski definition) is 0. The Morgan fingerprint density at radius 1 is 0.933 bits per heavy atom. The molecule has 0 saturated carbocycles. The van der Waals surface area contributed by atoms with Crippen molar-refractivity contribution < 1.29 is 0 Å². The molecule has 0 bridgehead atoms. The predicted molar refractivity (Wildman–Crippen MR) is 68.7 cm³/mol. The van der Waals surface area contributed by atoms with Crippen molar-refractivity contribution in [1.29, 1.82) is 0 Å². The summed E-state index contributed by atoms with van der Waals surface area (Å²) in [5, 5.41) is 0. The van der Waals surface area contributed by atoms with Crippen LogP contribution in [-0.4, -0.2) is 0 Å². The summed E-state index contributed by atoms with van der Waals surface area (Å²) < 4.78 is 0. The van der Waals surface area contributed by atoms with E-state index in [1.54, 1.807) is 0 Å². The maximum atomic E-state index is 2.25. The molecule has 78 valence electrons. The topological polar surface area (TPSA) is 0 Å². The molecular formula is C15H18. The van der Waals surface area contributed by atoms with E-state index in [-0.39, 0.29) is 0 Å². The highest BCUT2D eigenvalue weighted by Gasteiger charge is 1.95. The molecule has 0 heteroatoms. The summed E-state index contributed by atoms with van der Waals surface area (Å²) >= 11 is 0. The summed E-state index contributed by atoms with van der Waals surface area (Å²) in [6.45, 7) is 4.00. The van der Waals surface area contributed by atoms with Crippen LogP contribution in [0.3, 0.4) is 0 Å². The molecule has 0 fully saturated rings. The first kappa shape index (κ1) is 11.5. The van der Waals surface area contributed by atoms with E-state index in [2.05, 4.69) is 54.6 Å². The van der Waals surface area contributed by atoms with Gasteiger partial charge in [-0.2, -0.15) is 0 Å². The molecule has 0 atom stereocenters. The van der Waals surface area contributed by atoms with Crippen LogP contribution in [-0.2, 0) is 0 Å². The number of rotatable bonds is 1. The molecule has 0 unspecified atom stereocenters. The van der Waals surface area contributed by atoms with Gasteiger partial charge >= 0.3 is 0 Å². The molecule has 0 spiro atoms. The van der Waals surface area contributed by atoms with Crippen molar-refractivity contribution >= 4 is 5.57 Å². The van der Waals surface area contributed by atoms with Crippen molar-refractivity contribution in [1.82, 2.24) is 0 Å². The predicted octanol–water partition coefficient (Wildman–Crippen LogP) is 4.61. The Labute approximate surface area is 92.6 Å². The normalized spacial score (nSPS) is 13.6. The minimum absolute atomic E-state index is 1.03. The molecule has 15 heavy (non-hydrogen) atoms. The number of hydrogen-bond donors (Lipinski definition) is 0. The van der Waals surface area contributed by atoms with Gasteiger partial charge in [0.1, 0.15) is 0 Å². The molecule has 0 aromatic heterocycles. The highest BCUT2D eigenvalue weighted by atomic mass is 14.0. The highest BCUT2D eigenvalue weighted by molar-refractivity contribution is 5.74. The van der Waals surface area contributed by atoms with E-state index in [4.69, 9.17) is 0 Å². The van der Waals surface area contributed by atoms with Crippen molar-refractivity contribution in [3.63, 3.8) is 0 Å². The van der Waals surface area contributed by atoms with E-state index >= 15 is 0 Å². The molecule has 1 aromatic carbocycles. The van der Waals surface area contributed by atoms with Crippen LogP contribution in [0.2, 0.25) is 0 Å². The van der Waals surface area contributed by atoms with Gasteiger partial charge in [0, 0.05) is 0 Å². The van der Waals surface area contributed by atoms with Crippen LogP contribution in [0, 0.1) is 0 Å². The molecule has 0 aliphatic heterocycles. The molecule has 0 heterocycles. The molecule has 0 saturated heterocycles. The maximum Gasteiger partial charge on any atom is -0.0157 e. The monoisotopic (exact) mass is 198 g/mol. The van der Waals surface area contributed by atoms with Crippen LogP contribution in [0.15, 0.2) is 60.7 Å². The van der Waals surface area contributed by atoms with E-state index < -0.39 is 0 Å². The van der Waals surface area contributed by atoms with Crippen molar-refractivity contribution in [2.75, 3.05) is 0 Å². The summed E-state index contributed by atoms with van der Waals surface area (Å²) in [5.74, 6) is 0. The van der Waals surface area contributed by atoms with Gasteiger partial charge in [0.2, 0.25) is 0 Å². The Balaban J connectivity index is 0.000000531. The lowest BCUT2D eigenvalue weighted by molar-refractivity contribution is 1.40. The average Bonchev–Trinajstić information content (AvgIpc) is 2.61. The lowest BCUT2D eigenvalue weighted by Crippen LogP contribution is -1.78. The molecule has 2 rings (SSSR count). The van der Waals surface area contributed by atoms with Crippen LogP contribution >= 0.6 is 0 Å². The van der Waals surface area contributed by atoms with Crippen LogP contribution < -0.4 is 0 Å². The Morgan fingerprint density at radius 3 is 2.40 bits per heavy atom. The molecule has 0 N–H and O–H groups in total. The minimum Gasteiger partial charge on any atom is -0.0807 e. The molecular weight excluding hydrogens is 180 g/mol. The molecule has 0 nitrogen and oxygen atoms in total. The Hall–Kier alpha value is -1.56. The van der Waals surface area contributed by atoms with E-state index in [0.717, 1.165) is 6.42 Å². The van der Waals surface area contributed by atoms with Gasteiger partial charge in [-0.3, -0.25) is 0 Å². The van der Waals surface area contributed by atoms with Crippen molar-refractivity contribution in [2.45, 2.75) is 20.3 Å². The van der Waals surface area contributed by atoms with Crippen LogP contribution in [0.4, 0.5) is 0 Å². The van der Waals surface area contributed by atoms with Crippen molar-refractivity contribution in [2.24, 2.45) is 0 Å². The summed E-state index contributed by atoms with van der Waals surface area (Å²) in [6, 6.07) is 10.5. The number of benzene rings is 1. The first-order chi connectivity index (χ1) is 7.47. The van der Waals surface area contributed by atoms with Gasteiger partial charge in [0.15, 0.2) is 0 Å². The second-order valence-corrected chi connectivity index (χ2v) is 3.05. The van der Waals surface area contributed by atoms with E-state index in [9.17, 15) is 0 Å². The van der Waals surface area contributed by atoms with E-state index in [0.29, 0.717) is 0 Å². The third kappa shape index (κ3) is 3.59. The lowest BCUT2D eigenvalue weighted by atomic mass is 10.1. The largest absolute Gasteiger partial charge is 0.0807 e. The first-order valence-corrected chi connectivity index (χ1v) is 5.55. The molecule has 0 amide bonds. The van der Waals surface area contributed by atoms with E-state index in [1.165, 1.54) is 11.1 Å². The average molecular weight is 198 g/mol. The fourth-order valence-corrected chi connectivity index (χ4v) is 1.42. The first-order valence-electron chi connectivity index (χ1n) is 5.55. The van der Waals surface area contributed by atoms with Gasteiger partial charge in [-0.1, -0.05) is 74.6 Å². The van der Waals surface area contributed by atoms with E-state index in [1.807, 2.05) is 19.9 Å². The Bertz CT molecular complexity index is 353. The summed E-state index contributed by atoms with van der Waals surface area (Å²) in [5.41, 5.74) is 2.60. The minimum atomic E-state index is 1.03. The van der Waals surface area contributed by atoms with Gasteiger partial charge < -0.3 is 0 Å². The summed E-state index contributed by atoms with van der Waals surface area (Å²) in [4.78, 5) is 0. The Morgan fingerprint density at radius 2 is 1.67 bits per heavy atom. The quantitative estimate of drug-likeness (QED) is 0.618. The third-order valence-corrected chi connectivity index (χ3v) is 2.10. The smallest absolute Gasteiger partial charge is 0.0157 e. The van der Waals surface area contributed by atoms with Gasteiger partial charge in [-0.15, -0.1) is 0 Å². The van der Waals surface area contributed by atoms with Gasteiger partial charge in [-0.25, -0.2) is 0 Å². The zero-order valence-electron chi connectivity index (χ0n) is 9.48. The zero-order chi connectivity index (χ0) is 10.9. The van der Waals surface area contributed by atoms with Crippen LogP contribution in [0.25, 0.3) is 5.57 Å². The molecule has 1 aromatic rings. The second-order valence-electron chi connectivity index (χ2n) is 3.05. The molecule has 1 aliphatic carbocycles. The maximum absolute atomic E-state index is 2.25. The summed E-state index contributed by atoms with van der Waals surface area (Å²) in [6.07, 6.45) is 11.8. The van der Waals surface area contributed by atoms with Gasteiger partial charge in [-0.05, 0) is 17.6 Å². The second kappa shape index (κ2) is 6.83. The van der Waals surface area contributed by atoms with Crippen LogP contribution in [0.5, 0.6) is 0 Å². The van der Waals surface area contributed by atoms with Crippen molar-refractivity contribution in [3.05, 3.63) is 66.3 Å². The highest BCUT2D eigenvalue weighted by Crippen LogP contribution is 2.17. The van der Waals surface area contributed by atoms with Gasteiger partial charge in [0.25, 0.3) is 0 Å². The molecule has 1 aliphatic rings. The lowest BCUT2D eigenvalue weighted by Gasteiger charge is -2.00. The molecule has 0 radical (unpaired) electrons. The summed E-state index contributed by atoms with van der Waals surface area (Å²) in [7, 11) is 0. The zero-order valence-corrected chi connectivity index (χ0v) is 9.48. The van der Waals surface area contributed by atoms with Crippen molar-refractivity contribution in [3.8, 4) is 0 Å². The standard InChI is InChI=1S/C13H12.C2H6/c1-2-5-9-12(8-4-1)13-10-6-3-7-11-13;1-2/h1-4,6-11H,5H2;1-2H3. The Kier molecular flexibility index (Phi) is 5.24. The fraction of sp³-hybridized carbons (Fsp3) is 0.200. The number of allylic oxidation sites excluding steroid dienone is 6. The SMILES string of the molecule is C1=CCC=C(c2ccccc2)C=C1.CC. The van der Waals surface area contributed by atoms with Gasteiger partial charge in [0.05, 0.1) is 0 Å². The van der Waals surface area contributed by atoms with Crippen LogP contribution in [0.1, 0.15) is 25.8 Å². The fourth-order valence-electron chi connectivity index (χ4n) is 1.42.